The first-order chi connectivity index (χ1) is 12.1. The normalized spacial score (nSPS) is 14.0. The van der Waals surface area contributed by atoms with Crippen molar-refractivity contribution in [2.45, 2.75) is 19.3 Å². The number of imide groups is 1. The van der Waals surface area contributed by atoms with Gasteiger partial charge in [-0.3, -0.25) is 14.5 Å². The summed E-state index contributed by atoms with van der Waals surface area (Å²) in [5.41, 5.74) is 1.54. The zero-order chi connectivity index (χ0) is 17.8. The first-order valence-electron chi connectivity index (χ1n) is 7.92. The third-order valence-corrected chi connectivity index (χ3v) is 4.28. The number of hydrogen-bond donors (Lipinski definition) is 0. The lowest BCUT2D eigenvalue weighted by Crippen LogP contribution is -2.28. The fraction of sp³-hybridized carbons (Fsp3) is 0.211. The minimum atomic E-state index is -0.582. The van der Waals surface area contributed by atoms with E-state index >= 15 is 0 Å². The molecule has 0 radical (unpaired) electrons. The van der Waals surface area contributed by atoms with Gasteiger partial charge in [-0.15, -0.1) is 0 Å². The van der Waals surface area contributed by atoms with Crippen LogP contribution in [-0.4, -0.2) is 24.4 Å². The van der Waals surface area contributed by atoms with Crippen LogP contribution in [0.2, 0.25) is 5.02 Å². The highest BCUT2D eigenvalue weighted by Crippen LogP contribution is 2.27. The number of hydrogen-bond acceptors (Lipinski definition) is 4. The molecule has 1 aliphatic heterocycles. The summed E-state index contributed by atoms with van der Waals surface area (Å²) in [6.07, 6.45) is 0.948. The third-order valence-electron chi connectivity index (χ3n) is 3.95. The van der Waals surface area contributed by atoms with Gasteiger partial charge in [-0.25, -0.2) is 4.79 Å². The van der Waals surface area contributed by atoms with Gasteiger partial charge in [0.2, 0.25) is 11.8 Å². The summed E-state index contributed by atoms with van der Waals surface area (Å²) in [4.78, 5) is 37.0. The molecular weight excluding hydrogens is 342 g/mol. The van der Waals surface area contributed by atoms with Crippen molar-refractivity contribution in [3.8, 4) is 0 Å². The number of benzene rings is 2. The molecule has 3 rings (SSSR count). The summed E-state index contributed by atoms with van der Waals surface area (Å²) in [5, 5.41) is 0.215. The van der Waals surface area contributed by atoms with E-state index in [9.17, 15) is 14.4 Å². The van der Waals surface area contributed by atoms with E-state index in [2.05, 4.69) is 0 Å². The van der Waals surface area contributed by atoms with Gasteiger partial charge in [-0.2, -0.15) is 0 Å². The maximum absolute atomic E-state index is 12.3. The highest BCUT2D eigenvalue weighted by molar-refractivity contribution is 6.34. The number of rotatable bonds is 5. The fourth-order valence-corrected chi connectivity index (χ4v) is 2.85. The van der Waals surface area contributed by atoms with Gasteiger partial charge in [0.15, 0.2) is 0 Å². The van der Waals surface area contributed by atoms with Crippen LogP contribution in [-0.2, 0) is 20.7 Å². The summed E-state index contributed by atoms with van der Waals surface area (Å²) in [7, 11) is 0. The van der Waals surface area contributed by atoms with E-state index in [0.29, 0.717) is 12.1 Å². The second kappa shape index (κ2) is 7.49. The molecule has 2 aromatic carbocycles. The average molecular weight is 358 g/mol. The number of esters is 1. The first-order valence-corrected chi connectivity index (χ1v) is 8.30. The summed E-state index contributed by atoms with van der Waals surface area (Å²) in [5.74, 6) is -1.15. The Bertz CT molecular complexity index is 803. The Balaban J connectivity index is 1.70. The van der Waals surface area contributed by atoms with Crippen LogP contribution in [0, 0.1) is 0 Å². The molecule has 25 heavy (non-hydrogen) atoms. The van der Waals surface area contributed by atoms with Crippen molar-refractivity contribution in [1.29, 1.82) is 0 Å². The Morgan fingerprint density at radius 1 is 1.04 bits per heavy atom. The van der Waals surface area contributed by atoms with Crippen molar-refractivity contribution < 1.29 is 19.1 Å². The highest BCUT2D eigenvalue weighted by atomic mass is 35.5. The first kappa shape index (κ1) is 17.2. The molecule has 1 fully saturated rings. The molecule has 1 heterocycles. The molecule has 0 unspecified atom stereocenters. The fourth-order valence-electron chi connectivity index (χ4n) is 2.66. The van der Waals surface area contributed by atoms with E-state index in [0.717, 1.165) is 10.5 Å². The topological polar surface area (TPSA) is 63.7 Å². The lowest BCUT2D eigenvalue weighted by molar-refractivity contribution is -0.121. The van der Waals surface area contributed by atoms with Crippen LogP contribution in [0.3, 0.4) is 0 Å². The molecule has 2 aromatic rings. The maximum atomic E-state index is 12.3. The smallest absolute Gasteiger partial charge is 0.339 e. The number of nitrogens with zero attached hydrogens (tertiary/aromatic N) is 1. The van der Waals surface area contributed by atoms with E-state index in [4.69, 9.17) is 16.3 Å². The summed E-state index contributed by atoms with van der Waals surface area (Å²) < 4.78 is 5.27. The third kappa shape index (κ3) is 3.88. The molecule has 1 aliphatic rings. The largest absolute Gasteiger partial charge is 0.462 e. The van der Waals surface area contributed by atoms with Crippen molar-refractivity contribution in [2.24, 2.45) is 0 Å². The number of halogens is 1. The highest BCUT2D eigenvalue weighted by Gasteiger charge is 2.31. The van der Waals surface area contributed by atoms with E-state index in [-0.39, 0.29) is 41.8 Å². The number of ether oxygens (including phenoxy) is 1. The van der Waals surface area contributed by atoms with Crippen molar-refractivity contribution in [2.75, 3.05) is 11.5 Å². The molecular formula is C19H16ClNO4. The summed E-state index contributed by atoms with van der Waals surface area (Å²) >= 11 is 6.08. The van der Waals surface area contributed by atoms with Crippen LogP contribution in [0.1, 0.15) is 28.8 Å². The Labute approximate surface area is 150 Å². The van der Waals surface area contributed by atoms with E-state index in [1.54, 1.807) is 6.07 Å². The van der Waals surface area contributed by atoms with Gasteiger partial charge in [0.25, 0.3) is 0 Å². The minimum Gasteiger partial charge on any atom is -0.462 e. The SMILES string of the molecule is O=C(OCCc1ccccc1)c1cc(N2C(=O)CCC2=O)ccc1Cl. The van der Waals surface area contributed by atoms with Crippen LogP contribution in [0.4, 0.5) is 5.69 Å². The number of carbonyl (C=O) groups is 3. The molecule has 0 aliphatic carbocycles. The van der Waals surface area contributed by atoms with Crippen LogP contribution in [0.25, 0.3) is 0 Å². The van der Waals surface area contributed by atoms with Gasteiger partial charge >= 0.3 is 5.97 Å². The molecule has 0 atom stereocenters. The zero-order valence-electron chi connectivity index (χ0n) is 13.4. The summed E-state index contributed by atoms with van der Waals surface area (Å²) in [6, 6.07) is 14.1. The second-order valence-corrected chi connectivity index (χ2v) is 6.07. The van der Waals surface area contributed by atoms with Crippen molar-refractivity contribution in [1.82, 2.24) is 0 Å². The lowest BCUT2D eigenvalue weighted by Gasteiger charge is -2.15. The molecule has 0 N–H and O–H groups in total. The van der Waals surface area contributed by atoms with Gasteiger partial charge in [-0.1, -0.05) is 41.9 Å². The van der Waals surface area contributed by atoms with Gasteiger partial charge in [0, 0.05) is 19.3 Å². The maximum Gasteiger partial charge on any atom is 0.339 e. The molecule has 6 heteroatoms. The van der Waals surface area contributed by atoms with E-state index in [1.807, 2.05) is 30.3 Å². The minimum absolute atomic E-state index is 0.139. The molecule has 0 saturated carbocycles. The molecule has 5 nitrogen and oxygen atoms in total. The van der Waals surface area contributed by atoms with Crippen molar-refractivity contribution in [3.63, 3.8) is 0 Å². The summed E-state index contributed by atoms with van der Waals surface area (Å²) in [6.45, 7) is 0.213. The second-order valence-electron chi connectivity index (χ2n) is 5.66. The van der Waals surface area contributed by atoms with Gasteiger partial charge in [0.1, 0.15) is 0 Å². The van der Waals surface area contributed by atoms with Crippen molar-refractivity contribution in [3.05, 3.63) is 64.7 Å². The monoisotopic (exact) mass is 357 g/mol. The van der Waals surface area contributed by atoms with Crippen LogP contribution < -0.4 is 4.90 Å². The molecule has 0 spiro atoms. The van der Waals surface area contributed by atoms with Gasteiger partial charge in [-0.05, 0) is 23.8 Å². The lowest BCUT2D eigenvalue weighted by atomic mass is 10.1. The molecule has 2 amide bonds. The van der Waals surface area contributed by atoms with Crippen LogP contribution in [0.15, 0.2) is 48.5 Å². The molecule has 1 saturated heterocycles. The van der Waals surface area contributed by atoms with Crippen molar-refractivity contribution >= 4 is 35.1 Å². The molecule has 128 valence electrons. The molecule has 0 bridgehead atoms. The molecule has 0 aromatic heterocycles. The van der Waals surface area contributed by atoms with Gasteiger partial charge < -0.3 is 4.74 Å². The van der Waals surface area contributed by atoms with Crippen LogP contribution in [0.5, 0.6) is 0 Å². The zero-order valence-corrected chi connectivity index (χ0v) is 14.2. The predicted octanol–water partition coefficient (Wildman–Crippen LogP) is 3.39. The van der Waals surface area contributed by atoms with E-state index in [1.165, 1.54) is 12.1 Å². The quantitative estimate of drug-likeness (QED) is 0.607. The van der Waals surface area contributed by atoms with Crippen LogP contribution >= 0.6 is 11.6 Å². The van der Waals surface area contributed by atoms with Gasteiger partial charge in [0.05, 0.1) is 22.9 Å². The Morgan fingerprint density at radius 2 is 1.72 bits per heavy atom. The Morgan fingerprint density at radius 3 is 2.40 bits per heavy atom. The number of carbonyl (C=O) groups excluding carboxylic acids is 3. The number of amides is 2. The Hall–Kier alpha value is -2.66. The number of anilines is 1. The standard InChI is InChI=1S/C19H16ClNO4/c20-16-7-6-14(21-17(22)8-9-18(21)23)12-15(16)19(24)25-11-10-13-4-2-1-3-5-13/h1-7,12H,8-11H2. The predicted molar refractivity (Wildman–Crippen MR) is 93.6 cm³/mol. The van der Waals surface area contributed by atoms with E-state index < -0.39 is 5.97 Å². The Kier molecular flexibility index (Phi) is 5.14. The average Bonchev–Trinajstić information content (AvgIpc) is 2.95.